The minimum Gasteiger partial charge on any atom is -0.455 e. The van der Waals surface area contributed by atoms with Gasteiger partial charge in [-0.15, -0.1) is 0 Å². The molecule has 1 aromatic heterocycles. The summed E-state index contributed by atoms with van der Waals surface area (Å²) in [5.41, 5.74) is 4.50. The molecule has 0 aliphatic carbocycles. The molecule has 0 amide bonds. The van der Waals surface area contributed by atoms with Gasteiger partial charge in [0, 0.05) is 22.1 Å². The molecular formula is C38H24O. The Labute approximate surface area is 233 Å². The molecule has 0 bridgehead atoms. The monoisotopic (exact) mass is 501 g/mol. The number of benzene rings is 7. The standard InChI is InChI=1S/C38H24O/c1-2-14-26(15-3-1)35-28-18-6-8-20-30(28)36(31-21-9-7-19-29(31)35)37-33-22-10-11-24-34(33)39-38(37)32-23-12-16-25-13-4-5-17-27(25)32/h1-24H/i1D,2D,3D,14D,15D. The third-order valence-electron chi connectivity index (χ3n) is 7.56. The molecular weight excluding hydrogens is 472 g/mol. The van der Waals surface area contributed by atoms with E-state index in [0.29, 0.717) is 5.56 Å². The van der Waals surface area contributed by atoms with E-state index in [9.17, 15) is 0 Å². The molecule has 0 fully saturated rings. The number of rotatable bonds is 3. The van der Waals surface area contributed by atoms with Crippen LogP contribution < -0.4 is 0 Å². The van der Waals surface area contributed by atoms with Gasteiger partial charge in [-0.25, -0.2) is 0 Å². The fraction of sp³-hybridized carbons (Fsp3) is 0. The quantitative estimate of drug-likeness (QED) is 0.219. The minimum atomic E-state index is -0.404. The Kier molecular flexibility index (Phi) is 3.89. The molecule has 182 valence electrons. The summed E-state index contributed by atoms with van der Waals surface area (Å²) in [6.07, 6.45) is 0. The zero-order valence-electron chi connectivity index (χ0n) is 25.9. The van der Waals surface area contributed by atoms with Crippen LogP contribution in [0.25, 0.3) is 76.9 Å². The summed E-state index contributed by atoms with van der Waals surface area (Å²) >= 11 is 0. The molecule has 0 radical (unpaired) electrons. The van der Waals surface area contributed by atoms with Crippen molar-refractivity contribution < 1.29 is 11.3 Å². The van der Waals surface area contributed by atoms with Gasteiger partial charge in [-0.2, -0.15) is 0 Å². The zero-order chi connectivity index (χ0) is 30.1. The highest BCUT2D eigenvalue weighted by Crippen LogP contribution is 2.50. The van der Waals surface area contributed by atoms with Crippen LogP contribution in [0.5, 0.6) is 0 Å². The van der Waals surface area contributed by atoms with Gasteiger partial charge in [0.05, 0.1) is 6.85 Å². The lowest BCUT2D eigenvalue weighted by Gasteiger charge is -2.18. The molecule has 0 unspecified atom stereocenters. The third kappa shape index (κ3) is 3.34. The molecule has 0 saturated heterocycles. The predicted molar refractivity (Wildman–Crippen MR) is 165 cm³/mol. The average Bonchev–Trinajstić information content (AvgIpc) is 3.45. The first-order chi connectivity index (χ1) is 21.5. The van der Waals surface area contributed by atoms with Crippen LogP contribution in [0.4, 0.5) is 0 Å². The van der Waals surface area contributed by atoms with Crippen LogP contribution in [-0.2, 0) is 0 Å². The van der Waals surface area contributed by atoms with Gasteiger partial charge in [0.15, 0.2) is 0 Å². The molecule has 8 aromatic rings. The van der Waals surface area contributed by atoms with Crippen molar-refractivity contribution in [3.8, 4) is 33.6 Å². The largest absolute Gasteiger partial charge is 0.455 e. The maximum atomic E-state index is 8.86. The van der Waals surface area contributed by atoms with Crippen molar-refractivity contribution in [2.24, 2.45) is 0 Å². The molecule has 1 heteroatoms. The normalized spacial score (nSPS) is 13.4. The van der Waals surface area contributed by atoms with E-state index in [-0.39, 0.29) is 29.7 Å². The molecule has 7 aromatic carbocycles. The molecule has 0 saturated carbocycles. The number of furan rings is 1. The second-order valence-corrected chi connectivity index (χ2v) is 9.67. The smallest absolute Gasteiger partial charge is 0.143 e. The van der Waals surface area contributed by atoms with E-state index in [1.54, 1.807) is 0 Å². The van der Waals surface area contributed by atoms with Crippen molar-refractivity contribution in [3.05, 3.63) is 145 Å². The molecule has 39 heavy (non-hydrogen) atoms. The summed E-state index contributed by atoms with van der Waals surface area (Å²) in [4.78, 5) is 0. The molecule has 0 aliphatic rings. The predicted octanol–water partition coefficient (Wildman–Crippen LogP) is 10.9. The van der Waals surface area contributed by atoms with E-state index in [4.69, 9.17) is 11.3 Å². The van der Waals surface area contributed by atoms with Crippen molar-refractivity contribution in [2.45, 2.75) is 0 Å². The Morgan fingerprint density at radius 2 is 0.974 bits per heavy atom. The van der Waals surface area contributed by atoms with Gasteiger partial charge in [0.1, 0.15) is 11.3 Å². The topological polar surface area (TPSA) is 13.1 Å². The SMILES string of the molecule is [2H]c1c([2H])c([2H])c(-c2c3ccccc3c(-c3c(-c4cccc5ccccc45)oc4ccccc34)c3ccccc23)c([2H])c1[2H]. The minimum absolute atomic E-state index is 0.196. The van der Waals surface area contributed by atoms with Crippen molar-refractivity contribution in [2.75, 3.05) is 0 Å². The first kappa shape index (κ1) is 17.4. The fourth-order valence-corrected chi connectivity index (χ4v) is 5.95. The van der Waals surface area contributed by atoms with E-state index in [0.717, 1.165) is 65.7 Å². The second-order valence-electron chi connectivity index (χ2n) is 9.67. The van der Waals surface area contributed by atoms with E-state index in [2.05, 4.69) is 30.3 Å². The van der Waals surface area contributed by atoms with Crippen molar-refractivity contribution in [3.63, 3.8) is 0 Å². The van der Waals surface area contributed by atoms with E-state index in [1.165, 1.54) is 0 Å². The van der Waals surface area contributed by atoms with Crippen LogP contribution in [0.2, 0.25) is 0 Å². The first-order valence-electron chi connectivity index (χ1n) is 15.5. The third-order valence-corrected chi connectivity index (χ3v) is 7.56. The molecule has 0 N–H and O–H groups in total. The van der Waals surface area contributed by atoms with E-state index < -0.39 is 6.04 Å². The highest BCUT2D eigenvalue weighted by atomic mass is 16.3. The number of fused-ring (bicyclic) bond motifs is 4. The summed E-state index contributed by atoms with van der Waals surface area (Å²) in [5.74, 6) is 0.758. The summed E-state index contributed by atoms with van der Waals surface area (Å²) in [6.45, 7) is 0. The Balaban J connectivity index is 1.58. The highest BCUT2D eigenvalue weighted by Gasteiger charge is 2.24. The summed E-state index contributed by atoms with van der Waals surface area (Å²) in [7, 11) is 0. The van der Waals surface area contributed by atoms with Crippen LogP contribution in [0.1, 0.15) is 6.85 Å². The van der Waals surface area contributed by atoms with Gasteiger partial charge >= 0.3 is 0 Å². The summed E-state index contributed by atoms with van der Waals surface area (Å²) in [6, 6.07) is 36.9. The molecule has 1 nitrogen and oxygen atoms in total. The van der Waals surface area contributed by atoms with Gasteiger partial charge in [0.25, 0.3) is 0 Å². The lowest BCUT2D eigenvalue weighted by molar-refractivity contribution is 0.633. The lowest BCUT2D eigenvalue weighted by atomic mass is 9.84. The second kappa shape index (κ2) is 8.72. The zero-order valence-corrected chi connectivity index (χ0v) is 20.9. The first-order valence-corrected chi connectivity index (χ1v) is 13.0. The van der Waals surface area contributed by atoms with Crippen LogP contribution in [-0.4, -0.2) is 0 Å². The van der Waals surface area contributed by atoms with Crippen molar-refractivity contribution in [1.29, 1.82) is 0 Å². The number of para-hydroxylation sites is 1. The van der Waals surface area contributed by atoms with Crippen LogP contribution in [0.15, 0.2) is 150 Å². The van der Waals surface area contributed by atoms with Gasteiger partial charge in [-0.3, -0.25) is 0 Å². The van der Waals surface area contributed by atoms with Gasteiger partial charge in [0.2, 0.25) is 0 Å². The number of hydrogen-bond acceptors (Lipinski definition) is 1. The van der Waals surface area contributed by atoms with Crippen molar-refractivity contribution >= 4 is 43.3 Å². The Morgan fingerprint density at radius 1 is 0.436 bits per heavy atom. The highest BCUT2D eigenvalue weighted by molar-refractivity contribution is 6.25. The van der Waals surface area contributed by atoms with Crippen LogP contribution >= 0.6 is 0 Å². The van der Waals surface area contributed by atoms with Gasteiger partial charge in [-0.05, 0) is 49.5 Å². The van der Waals surface area contributed by atoms with Crippen LogP contribution in [0.3, 0.4) is 0 Å². The number of hydrogen-bond donors (Lipinski definition) is 0. The Morgan fingerprint density at radius 3 is 1.67 bits per heavy atom. The van der Waals surface area contributed by atoms with Gasteiger partial charge < -0.3 is 4.42 Å². The van der Waals surface area contributed by atoms with Crippen LogP contribution in [0, 0.1) is 0 Å². The van der Waals surface area contributed by atoms with Crippen molar-refractivity contribution in [1.82, 2.24) is 0 Å². The molecule has 0 aliphatic heterocycles. The summed E-state index contributed by atoms with van der Waals surface area (Å²) in [5, 5.41) is 6.58. The fourth-order valence-electron chi connectivity index (χ4n) is 5.95. The molecule has 1 heterocycles. The Hall–Kier alpha value is -5.14. The Bertz CT molecular complexity index is 2370. The maximum Gasteiger partial charge on any atom is 0.143 e. The summed E-state index contributed by atoms with van der Waals surface area (Å²) < 4.78 is 49.5. The van der Waals surface area contributed by atoms with E-state index >= 15 is 0 Å². The maximum absolute atomic E-state index is 8.86. The average molecular weight is 502 g/mol. The lowest BCUT2D eigenvalue weighted by Crippen LogP contribution is -1.91. The molecule has 0 atom stereocenters. The molecule has 0 spiro atoms. The van der Waals surface area contributed by atoms with E-state index in [1.807, 2.05) is 84.9 Å². The van der Waals surface area contributed by atoms with Gasteiger partial charge in [-0.1, -0.05) is 139 Å². The molecule has 8 rings (SSSR count).